The Balaban J connectivity index is 2.08. The fourth-order valence-corrected chi connectivity index (χ4v) is 1.88. The van der Waals surface area contributed by atoms with Crippen LogP contribution >= 0.6 is 0 Å². The zero-order valence-electron chi connectivity index (χ0n) is 12.4. The van der Waals surface area contributed by atoms with Crippen molar-refractivity contribution in [3.63, 3.8) is 0 Å². The van der Waals surface area contributed by atoms with Crippen molar-refractivity contribution < 1.29 is 13.6 Å². The van der Waals surface area contributed by atoms with E-state index in [4.69, 9.17) is 0 Å². The molecule has 0 saturated carbocycles. The highest BCUT2D eigenvalue weighted by atomic mass is 19.2. The van der Waals surface area contributed by atoms with Gasteiger partial charge in [-0.05, 0) is 49.2 Å². The van der Waals surface area contributed by atoms with E-state index in [1.54, 1.807) is 19.1 Å². The van der Waals surface area contributed by atoms with Gasteiger partial charge in [-0.2, -0.15) is 5.10 Å². The number of aryl methyl sites for hydroxylation is 1. The summed E-state index contributed by atoms with van der Waals surface area (Å²) in [7, 11) is 0. The molecule has 0 saturated heterocycles. The molecule has 2 aromatic carbocycles. The van der Waals surface area contributed by atoms with Crippen LogP contribution in [0.15, 0.2) is 47.6 Å². The number of carbonyl (C=O) groups is 1. The Labute approximate surface area is 127 Å². The predicted molar refractivity (Wildman–Crippen MR) is 81.9 cm³/mol. The van der Waals surface area contributed by atoms with Gasteiger partial charge >= 0.3 is 0 Å². The molecule has 0 aliphatic rings. The zero-order valence-corrected chi connectivity index (χ0v) is 12.4. The molecule has 1 amide bonds. The SMILES string of the molecule is CCc1ccc(C(=O)N/N=C(/C)c2ccc(F)c(F)c2)cc1. The third-order valence-electron chi connectivity index (χ3n) is 3.29. The molecule has 0 heterocycles. The van der Waals surface area contributed by atoms with E-state index in [1.165, 1.54) is 6.07 Å². The minimum atomic E-state index is -0.950. The maximum Gasteiger partial charge on any atom is 0.271 e. The quantitative estimate of drug-likeness (QED) is 0.679. The fraction of sp³-hybridized carbons (Fsp3) is 0.176. The smallest absolute Gasteiger partial charge is 0.267 e. The molecule has 0 bridgehead atoms. The molecule has 114 valence electrons. The number of rotatable bonds is 4. The average Bonchev–Trinajstić information content (AvgIpc) is 2.54. The van der Waals surface area contributed by atoms with Gasteiger partial charge in [-0.1, -0.05) is 19.1 Å². The molecule has 22 heavy (non-hydrogen) atoms. The number of nitrogens with zero attached hydrogens (tertiary/aromatic N) is 1. The molecule has 0 atom stereocenters. The first-order valence-corrected chi connectivity index (χ1v) is 6.90. The number of amides is 1. The van der Waals surface area contributed by atoms with Crippen LogP contribution in [-0.4, -0.2) is 11.6 Å². The Bertz CT molecular complexity index is 709. The van der Waals surface area contributed by atoms with Crippen molar-refractivity contribution in [2.24, 2.45) is 5.10 Å². The van der Waals surface area contributed by atoms with Gasteiger partial charge in [0.2, 0.25) is 0 Å². The molecule has 3 nitrogen and oxygen atoms in total. The van der Waals surface area contributed by atoms with Crippen LogP contribution in [0.1, 0.15) is 35.3 Å². The van der Waals surface area contributed by atoms with Gasteiger partial charge in [0.25, 0.3) is 5.91 Å². The number of halogens is 2. The van der Waals surface area contributed by atoms with Crippen LogP contribution in [0, 0.1) is 11.6 Å². The van der Waals surface area contributed by atoms with Gasteiger partial charge in [-0.15, -0.1) is 0 Å². The number of nitrogens with one attached hydrogen (secondary N) is 1. The lowest BCUT2D eigenvalue weighted by Gasteiger charge is -2.04. The number of benzene rings is 2. The zero-order chi connectivity index (χ0) is 16.1. The van der Waals surface area contributed by atoms with Gasteiger partial charge in [0.15, 0.2) is 11.6 Å². The molecule has 1 N–H and O–H groups in total. The average molecular weight is 302 g/mol. The molecule has 2 rings (SSSR count). The van der Waals surface area contributed by atoms with Crippen molar-refractivity contribution >= 4 is 11.6 Å². The topological polar surface area (TPSA) is 41.5 Å². The summed E-state index contributed by atoms with van der Waals surface area (Å²) in [4.78, 5) is 11.9. The minimum absolute atomic E-state index is 0.357. The lowest BCUT2D eigenvalue weighted by atomic mass is 10.1. The Hall–Kier alpha value is -2.56. The fourth-order valence-electron chi connectivity index (χ4n) is 1.88. The number of hydrazone groups is 1. The van der Waals surface area contributed by atoms with Gasteiger partial charge in [-0.25, -0.2) is 14.2 Å². The van der Waals surface area contributed by atoms with Gasteiger partial charge in [0, 0.05) is 11.1 Å². The molecule has 2 aromatic rings. The Kier molecular flexibility index (Phi) is 4.99. The van der Waals surface area contributed by atoms with E-state index in [0.717, 1.165) is 24.1 Å². The van der Waals surface area contributed by atoms with Crippen molar-refractivity contribution in [2.45, 2.75) is 20.3 Å². The van der Waals surface area contributed by atoms with Crippen LogP contribution in [0.3, 0.4) is 0 Å². The summed E-state index contributed by atoms with van der Waals surface area (Å²) in [5.74, 6) is -2.23. The molecule has 0 unspecified atom stereocenters. The summed E-state index contributed by atoms with van der Waals surface area (Å²) in [5.41, 5.74) is 4.81. The van der Waals surface area contributed by atoms with E-state index in [0.29, 0.717) is 16.8 Å². The third-order valence-corrected chi connectivity index (χ3v) is 3.29. The van der Waals surface area contributed by atoms with E-state index < -0.39 is 11.6 Å². The van der Waals surface area contributed by atoms with E-state index in [2.05, 4.69) is 10.5 Å². The summed E-state index contributed by atoms with van der Waals surface area (Å²) in [6, 6.07) is 10.7. The van der Waals surface area contributed by atoms with E-state index in [-0.39, 0.29) is 5.91 Å². The van der Waals surface area contributed by atoms with Crippen LogP contribution in [-0.2, 0) is 6.42 Å². The number of hydrogen-bond acceptors (Lipinski definition) is 2. The standard InChI is InChI=1S/C17H16F2N2O/c1-3-12-4-6-13(7-5-12)17(22)21-20-11(2)14-8-9-15(18)16(19)10-14/h4-10H,3H2,1-2H3,(H,21,22)/b20-11-. The first kappa shape index (κ1) is 15.8. The first-order chi connectivity index (χ1) is 10.5. The van der Waals surface area contributed by atoms with Gasteiger partial charge in [0.05, 0.1) is 5.71 Å². The van der Waals surface area contributed by atoms with Gasteiger partial charge in [-0.3, -0.25) is 4.79 Å². The number of carbonyl (C=O) groups excluding carboxylic acids is 1. The van der Waals surface area contributed by atoms with E-state index in [9.17, 15) is 13.6 Å². The number of hydrogen-bond donors (Lipinski definition) is 1. The van der Waals surface area contributed by atoms with Gasteiger partial charge < -0.3 is 0 Å². The normalized spacial score (nSPS) is 11.4. The van der Waals surface area contributed by atoms with Crippen LogP contribution in [0.5, 0.6) is 0 Å². The lowest BCUT2D eigenvalue weighted by Crippen LogP contribution is -2.19. The van der Waals surface area contributed by atoms with Crippen molar-refractivity contribution in [1.29, 1.82) is 0 Å². The molecular formula is C17H16F2N2O. The second-order valence-electron chi connectivity index (χ2n) is 4.82. The molecule has 0 fully saturated rings. The molecule has 0 aliphatic heterocycles. The maximum absolute atomic E-state index is 13.2. The summed E-state index contributed by atoms with van der Waals surface area (Å²) < 4.78 is 26.0. The van der Waals surface area contributed by atoms with Gasteiger partial charge in [0.1, 0.15) is 0 Å². The molecule has 5 heteroatoms. The summed E-state index contributed by atoms with van der Waals surface area (Å²) >= 11 is 0. The Morgan fingerprint density at radius 2 is 1.68 bits per heavy atom. The van der Waals surface area contributed by atoms with Crippen LogP contribution in [0.4, 0.5) is 8.78 Å². The van der Waals surface area contributed by atoms with Crippen LogP contribution < -0.4 is 5.43 Å². The monoisotopic (exact) mass is 302 g/mol. The largest absolute Gasteiger partial charge is 0.271 e. The molecular weight excluding hydrogens is 286 g/mol. The maximum atomic E-state index is 13.2. The minimum Gasteiger partial charge on any atom is -0.267 e. The van der Waals surface area contributed by atoms with Crippen LogP contribution in [0.2, 0.25) is 0 Å². The summed E-state index contributed by atoms with van der Waals surface area (Å²) in [6.07, 6.45) is 0.898. The third kappa shape index (κ3) is 3.75. The van der Waals surface area contributed by atoms with Crippen molar-refractivity contribution in [1.82, 2.24) is 5.43 Å². The second kappa shape index (κ2) is 6.93. The highest BCUT2D eigenvalue weighted by Gasteiger charge is 2.07. The highest BCUT2D eigenvalue weighted by Crippen LogP contribution is 2.10. The lowest BCUT2D eigenvalue weighted by molar-refractivity contribution is 0.0955. The van der Waals surface area contributed by atoms with Crippen molar-refractivity contribution in [2.75, 3.05) is 0 Å². The molecule has 0 spiro atoms. The highest BCUT2D eigenvalue weighted by molar-refractivity contribution is 6.00. The van der Waals surface area contributed by atoms with E-state index in [1.807, 2.05) is 19.1 Å². The molecule has 0 aliphatic carbocycles. The second-order valence-corrected chi connectivity index (χ2v) is 4.82. The molecule has 0 radical (unpaired) electrons. The summed E-state index contributed by atoms with van der Waals surface area (Å²) in [6.45, 7) is 3.64. The van der Waals surface area contributed by atoms with E-state index >= 15 is 0 Å². The van der Waals surface area contributed by atoms with Crippen molar-refractivity contribution in [3.8, 4) is 0 Å². The molecule has 0 aromatic heterocycles. The first-order valence-electron chi connectivity index (χ1n) is 6.90. The van der Waals surface area contributed by atoms with Crippen molar-refractivity contribution in [3.05, 3.63) is 70.8 Å². The summed E-state index contributed by atoms with van der Waals surface area (Å²) in [5, 5.41) is 3.91. The Morgan fingerprint density at radius 1 is 1.05 bits per heavy atom. The Morgan fingerprint density at radius 3 is 2.27 bits per heavy atom. The predicted octanol–water partition coefficient (Wildman–Crippen LogP) is 3.68. The van der Waals surface area contributed by atoms with Crippen LogP contribution in [0.25, 0.3) is 0 Å².